The third-order valence-corrected chi connectivity index (χ3v) is 16.2. The van der Waals surface area contributed by atoms with E-state index in [1.54, 1.807) is 0 Å². The Morgan fingerprint density at radius 3 is 0.844 bits per heavy atom. The van der Waals surface area contributed by atoms with Gasteiger partial charge in [-0.05, 0) is 215 Å². The zero-order valence-corrected chi connectivity index (χ0v) is 53.1. The molecule has 0 saturated heterocycles. The van der Waals surface area contributed by atoms with Crippen LogP contribution in [0.15, 0.2) is 251 Å². The topological polar surface area (TPSA) is 159 Å². The molecule has 2 N–H and O–H groups in total. The van der Waals surface area contributed by atoms with Crippen molar-refractivity contribution in [2.24, 2.45) is 0 Å². The zero-order valence-electron chi connectivity index (χ0n) is 51.5. The van der Waals surface area contributed by atoms with Crippen LogP contribution < -0.4 is 10.6 Å². The summed E-state index contributed by atoms with van der Waals surface area (Å²) in [6.07, 6.45) is 0. The minimum atomic E-state index is 0.0239. The van der Waals surface area contributed by atoms with Crippen LogP contribution in [-0.4, -0.2) is 24.9 Å². The first-order valence-corrected chi connectivity index (χ1v) is 30.7. The fraction of sp³-hybridized carbons (Fsp3) is 0.156. The SMILES string of the molecule is CC(C)(C)c1ccc2oc(-c3ccc(Br)cc3)nc2c1.CC(C)(C)c1ccc2oc(-c3ccc(N(c4ccc(-c5nc6ccccc6o5)cc4)c4ccc(-c5nc6cc(C(C)(C)C)ccc6o5)cc4)cc3)nc2c1.Nc1ccc(-c2nc3ccccc3o2)cc1. The van der Waals surface area contributed by atoms with E-state index in [-0.39, 0.29) is 16.2 Å². The van der Waals surface area contributed by atoms with Gasteiger partial charge < -0.3 is 32.7 Å². The highest BCUT2D eigenvalue weighted by Gasteiger charge is 2.22. The molecule has 446 valence electrons. The van der Waals surface area contributed by atoms with E-state index in [0.29, 0.717) is 29.5 Å². The molecule has 12 nitrogen and oxygen atoms in total. The van der Waals surface area contributed by atoms with Crippen molar-refractivity contribution in [3.05, 3.63) is 246 Å². The summed E-state index contributed by atoms with van der Waals surface area (Å²) in [5.41, 5.74) is 26.1. The Labute approximate surface area is 530 Å². The van der Waals surface area contributed by atoms with Crippen molar-refractivity contribution >= 4 is 94.2 Å². The van der Waals surface area contributed by atoms with Crippen molar-refractivity contribution in [1.29, 1.82) is 0 Å². The van der Waals surface area contributed by atoms with Crippen molar-refractivity contribution in [2.75, 3.05) is 10.6 Å². The number of rotatable bonds is 8. The molecule has 0 saturated carbocycles. The van der Waals surface area contributed by atoms with Gasteiger partial charge in [-0.1, -0.05) is 121 Å². The van der Waals surface area contributed by atoms with Crippen molar-refractivity contribution in [2.45, 2.75) is 78.6 Å². The quantitative estimate of drug-likeness (QED) is 0.144. The number of anilines is 4. The predicted molar refractivity (Wildman–Crippen MR) is 367 cm³/mol. The van der Waals surface area contributed by atoms with Crippen LogP contribution in [0.25, 0.3) is 113 Å². The molecule has 0 spiro atoms. The van der Waals surface area contributed by atoms with Crippen LogP contribution in [-0.2, 0) is 16.2 Å². The van der Waals surface area contributed by atoms with Gasteiger partial charge in [-0.15, -0.1) is 0 Å². The van der Waals surface area contributed by atoms with Gasteiger partial charge in [0, 0.05) is 55.0 Å². The molecule has 13 heteroatoms. The van der Waals surface area contributed by atoms with E-state index in [1.807, 2.05) is 127 Å². The van der Waals surface area contributed by atoms with Crippen LogP contribution in [0.3, 0.4) is 0 Å². The van der Waals surface area contributed by atoms with Crippen molar-refractivity contribution < 1.29 is 22.1 Å². The Morgan fingerprint density at radius 1 is 0.300 bits per heavy atom. The Morgan fingerprint density at radius 2 is 0.556 bits per heavy atom. The average molecular weight is 1250 g/mol. The van der Waals surface area contributed by atoms with E-state index in [0.717, 1.165) is 111 Å². The van der Waals surface area contributed by atoms with E-state index in [1.165, 1.54) is 16.7 Å². The minimum Gasteiger partial charge on any atom is -0.436 e. The number of nitrogens with zero attached hydrogens (tertiary/aromatic N) is 6. The second kappa shape index (κ2) is 23.6. The van der Waals surface area contributed by atoms with Crippen molar-refractivity contribution in [1.82, 2.24) is 24.9 Å². The number of halogens is 1. The molecule has 0 unspecified atom stereocenters. The summed E-state index contributed by atoms with van der Waals surface area (Å²) < 4.78 is 31.0. The van der Waals surface area contributed by atoms with Gasteiger partial charge in [-0.2, -0.15) is 0 Å². The van der Waals surface area contributed by atoms with Gasteiger partial charge in [0.25, 0.3) is 0 Å². The predicted octanol–water partition coefficient (Wildman–Crippen LogP) is 21.8. The summed E-state index contributed by atoms with van der Waals surface area (Å²) in [7, 11) is 0. The highest BCUT2D eigenvalue weighted by Crippen LogP contribution is 2.40. The lowest BCUT2D eigenvalue weighted by atomic mass is 9.87. The van der Waals surface area contributed by atoms with Crippen molar-refractivity contribution in [3.63, 3.8) is 0 Å². The van der Waals surface area contributed by atoms with Gasteiger partial charge in [0.2, 0.25) is 29.5 Å². The normalized spacial score (nSPS) is 11.9. The molecule has 0 aliphatic heterocycles. The van der Waals surface area contributed by atoms with Crippen LogP contribution in [0.4, 0.5) is 22.7 Å². The van der Waals surface area contributed by atoms with Crippen molar-refractivity contribution in [3.8, 4) is 57.3 Å². The molecule has 5 heterocycles. The summed E-state index contributed by atoms with van der Waals surface area (Å²) in [5.74, 6) is 3.06. The maximum atomic E-state index is 6.21. The van der Waals surface area contributed by atoms with E-state index >= 15 is 0 Å². The molecule has 0 fully saturated rings. The molecule has 15 rings (SSSR count). The standard InChI is InChI=1S/C47H40N4O3.C17H16BrNO.C13H10N2O/c1-46(2,3)32-17-25-41-38(27-32)49-44(53-41)30-13-21-35(22-14-30)51(34-19-11-29(12-20-34)43-48-37-9-7-8-10-40(37)52-43)36-23-15-31(16-24-36)45-50-39-28-33(47(4,5)6)18-26-42(39)54-45;1-17(2,3)12-6-9-15-14(10-12)19-16(20-15)11-4-7-13(18)8-5-11;14-10-7-5-9(6-8-10)13-15-11-3-1-2-4-12(11)16-13/h7-28H,1-6H3;4-10H,1-3H3;1-8H,14H2. The molecule has 10 aromatic carbocycles. The summed E-state index contributed by atoms with van der Waals surface area (Å²) >= 11 is 3.43. The number of nitrogen functional groups attached to an aromatic ring is 1. The zero-order chi connectivity index (χ0) is 62.5. The number of aromatic nitrogens is 5. The first kappa shape index (κ1) is 58.6. The van der Waals surface area contributed by atoms with Gasteiger partial charge in [0.05, 0.1) is 0 Å². The molecule has 0 atom stereocenters. The third-order valence-electron chi connectivity index (χ3n) is 15.7. The summed E-state index contributed by atoms with van der Waals surface area (Å²) in [6, 6.07) is 74.6. The molecule has 0 aliphatic carbocycles. The Kier molecular flexibility index (Phi) is 15.4. The molecular formula is C77H66BrN7O5. The first-order chi connectivity index (χ1) is 43.2. The van der Waals surface area contributed by atoms with Crippen LogP contribution in [0, 0.1) is 0 Å². The number of para-hydroxylation sites is 4. The largest absolute Gasteiger partial charge is 0.436 e. The van der Waals surface area contributed by atoms with Crippen LogP contribution in [0.1, 0.15) is 79.0 Å². The van der Waals surface area contributed by atoms with E-state index in [4.69, 9.17) is 42.8 Å². The molecule has 0 amide bonds. The number of hydrogen-bond donors (Lipinski definition) is 1. The third kappa shape index (κ3) is 12.5. The molecular weight excluding hydrogens is 1180 g/mol. The molecule has 90 heavy (non-hydrogen) atoms. The minimum absolute atomic E-state index is 0.0239. The van der Waals surface area contributed by atoms with Gasteiger partial charge in [-0.25, -0.2) is 24.9 Å². The lowest BCUT2D eigenvalue weighted by Gasteiger charge is -2.26. The molecule has 0 radical (unpaired) electrons. The van der Waals surface area contributed by atoms with Crippen LogP contribution in [0.5, 0.6) is 0 Å². The van der Waals surface area contributed by atoms with Gasteiger partial charge >= 0.3 is 0 Å². The Balaban J connectivity index is 0.000000166. The lowest BCUT2D eigenvalue weighted by Crippen LogP contribution is -2.10. The second-order valence-electron chi connectivity index (χ2n) is 25.4. The monoisotopic (exact) mass is 1250 g/mol. The van der Waals surface area contributed by atoms with Crippen LogP contribution in [0.2, 0.25) is 0 Å². The number of oxazole rings is 5. The fourth-order valence-corrected chi connectivity index (χ4v) is 10.7. The molecule has 5 aromatic heterocycles. The smallest absolute Gasteiger partial charge is 0.227 e. The maximum absolute atomic E-state index is 6.21. The fourth-order valence-electron chi connectivity index (χ4n) is 10.5. The molecule has 15 aromatic rings. The summed E-state index contributed by atoms with van der Waals surface area (Å²) in [4.78, 5) is 25.7. The van der Waals surface area contributed by atoms with E-state index in [9.17, 15) is 0 Å². The molecule has 0 aliphatic rings. The molecule has 0 bridgehead atoms. The Bertz CT molecular complexity index is 4820. The lowest BCUT2D eigenvalue weighted by molar-refractivity contribution is 0.589. The first-order valence-electron chi connectivity index (χ1n) is 29.9. The number of fused-ring (bicyclic) bond motifs is 5. The van der Waals surface area contributed by atoms with Gasteiger partial charge in [0.15, 0.2) is 27.9 Å². The number of hydrogen-bond acceptors (Lipinski definition) is 12. The van der Waals surface area contributed by atoms with Gasteiger partial charge in [0.1, 0.15) is 27.6 Å². The summed E-state index contributed by atoms with van der Waals surface area (Å²) in [5, 5.41) is 0. The second-order valence-corrected chi connectivity index (χ2v) is 26.3. The maximum Gasteiger partial charge on any atom is 0.227 e. The number of nitrogens with two attached hydrogens (primary N) is 1. The summed E-state index contributed by atoms with van der Waals surface area (Å²) in [6.45, 7) is 19.8. The number of benzene rings is 10. The average Bonchev–Trinajstić information content (AvgIpc) is 1.72. The highest BCUT2D eigenvalue weighted by atomic mass is 79.9. The Hall–Kier alpha value is -10.4. The van der Waals surface area contributed by atoms with E-state index < -0.39 is 0 Å². The highest BCUT2D eigenvalue weighted by molar-refractivity contribution is 9.10. The van der Waals surface area contributed by atoms with Crippen LogP contribution >= 0.6 is 15.9 Å². The van der Waals surface area contributed by atoms with E-state index in [2.05, 4.69) is 190 Å². The van der Waals surface area contributed by atoms with Gasteiger partial charge in [-0.3, -0.25) is 0 Å².